The standard InChI is InChI=1S/C18H20F3N3O4S/c1-28-15-7-5-14(6-8-15)24(29(2,26)27)11-13-4-3-12(9-16(13)19)10-22-23-18(25)17(20)21/h3-9,17,22H,10-11H2,1-2H3,(H,23,25). The molecular weight excluding hydrogens is 411 g/mol. The highest BCUT2D eigenvalue weighted by Crippen LogP contribution is 2.24. The SMILES string of the molecule is COc1ccc(N(Cc2ccc(CNNC(=O)C(F)F)cc2F)S(C)(=O)=O)cc1. The molecule has 0 saturated heterocycles. The van der Waals surface area contributed by atoms with Crippen molar-refractivity contribution in [1.29, 1.82) is 0 Å². The van der Waals surface area contributed by atoms with Gasteiger partial charge in [0.2, 0.25) is 10.0 Å². The summed E-state index contributed by atoms with van der Waals surface area (Å²) in [5.74, 6) is -1.62. The van der Waals surface area contributed by atoms with Crippen LogP contribution in [-0.4, -0.2) is 34.1 Å². The molecule has 7 nitrogen and oxygen atoms in total. The van der Waals surface area contributed by atoms with E-state index >= 15 is 0 Å². The highest BCUT2D eigenvalue weighted by atomic mass is 32.2. The molecule has 2 aromatic rings. The number of ether oxygens (including phenoxy) is 1. The number of carbonyl (C=O) groups is 1. The lowest BCUT2D eigenvalue weighted by molar-refractivity contribution is -0.132. The summed E-state index contributed by atoms with van der Waals surface area (Å²) in [5, 5.41) is 0. The number of rotatable bonds is 9. The molecule has 0 unspecified atom stereocenters. The van der Waals surface area contributed by atoms with Crippen LogP contribution >= 0.6 is 0 Å². The number of hydrazine groups is 1. The van der Waals surface area contributed by atoms with Gasteiger partial charge in [-0.25, -0.2) is 18.2 Å². The van der Waals surface area contributed by atoms with Crippen LogP contribution in [0.3, 0.4) is 0 Å². The first-order chi connectivity index (χ1) is 13.6. The molecule has 0 aliphatic heterocycles. The first kappa shape index (κ1) is 22.5. The maximum atomic E-state index is 14.5. The zero-order chi connectivity index (χ0) is 21.6. The minimum absolute atomic E-state index is 0.0933. The Balaban J connectivity index is 2.14. The Morgan fingerprint density at radius 2 is 1.83 bits per heavy atom. The average molecular weight is 431 g/mol. The molecule has 0 aromatic heterocycles. The lowest BCUT2D eigenvalue weighted by Gasteiger charge is -2.23. The molecule has 0 bridgehead atoms. The Kier molecular flexibility index (Phi) is 7.46. The molecule has 29 heavy (non-hydrogen) atoms. The Morgan fingerprint density at radius 1 is 1.17 bits per heavy atom. The van der Waals surface area contributed by atoms with Crippen molar-refractivity contribution in [3.63, 3.8) is 0 Å². The molecular formula is C18H20F3N3O4S. The molecule has 0 atom stereocenters. The Morgan fingerprint density at radius 3 is 2.34 bits per heavy atom. The van der Waals surface area contributed by atoms with Gasteiger partial charge in [-0.15, -0.1) is 0 Å². The fourth-order valence-electron chi connectivity index (χ4n) is 2.42. The quantitative estimate of drug-likeness (QED) is 0.595. The third-order valence-electron chi connectivity index (χ3n) is 3.89. The van der Waals surface area contributed by atoms with Gasteiger partial charge in [0.05, 0.1) is 25.6 Å². The summed E-state index contributed by atoms with van der Waals surface area (Å²) < 4.78 is 69.1. The summed E-state index contributed by atoms with van der Waals surface area (Å²) >= 11 is 0. The fraction of sp³-hybridized carbons (Fsp3) is 0.278. The average Bonchev–Trinajstić information content (AvgIpc) is 2.66. The van der Waals surface area contributed by atoms with Gasteiger partial charge in [0.25, 0.3) is 0 Å². The summed E-state index contributed by atoms with van der Waals surface area (Å²) in [7, 11) is -2.22. The highest BCUT2D eigenvalue weighted by Gasteiger charge is 2.20. The molecule has 0 saturated carbocycles. The number of nitrogens with zero attached hydrogens (tertiary/aromatic N) is 1. The number of carbonyl (C=O) groups excluding carboxylic acids is 1. The summed E-state index contributed by atoms with van der Waals surface area (Å²) in [6.45, 7) is -0.337. The van der Waals surface area contributed by atoms with Crippen LogP contribution in [0.4, 0.5) is 18.9 Å². The third-order valence-corrected chi connectivity index (χ3v) is 5.04. The molecule has 0 spiro atoms. The number of halogens is 3. The van der Waals surface area contributed by atoms with Gasteiger partial charge in [-0.3, -0.25) is 14.5 Å². The van der Waals surface area contributed by atoms with Gasteiger partial charge < -0.3 is 4.74 Å². The Hall–Kier alpha value is -2.79. The Labute approximate surface area is 166 Å². The fourth-order valence-corrected chi connectivity index (χ4v) is 3.30. The number of anilines is 1. The van der Waals surface area contributed by atoms with E-state index in [1.165, 1.54) is 19.2 Å². The molecule has 0 aliphatic rings. The molecule has 11 heteroatoms. The molecule has 2 N–H and O–H groups in total. The van der Waals surface area contributed by atoms with Crippen molar-refractivity contribution in [2.45, 2.75) is 19.5 Å². The summed E-state index contributed by atoms with van der Waals surface area (Å²) in [6.07, 6.45) is -2.15. The van der Waals surface area contributed by atoms with Gasteiger partial charge in [-0.05, 0) is 35.9 Å². The first-order valence-electron chi connectivity index (χ1n) is 8.31. The lowest BCUT2D eigenvalue weighted by Crippen LogP contribution is -2.40. The zero-order valence-corrected chi connectivity index (χ0v) is 16.5. The number of nitrogens with one attached hydrogen (secondary N) is 2. The van der Waals surface area contributed by atoms with E-state index in [-0.39, 0.29) is 18.7 Å². The van der Waals surface area contributed by atoms with Gasteiger partial charge in [-0.1, -0.05) is 12.1 Å². The minimum atomic E-state index is -3.70. The smallest absolute Gasteiger partial charge is 0.316 e. The van der Waals surface area contributed by atoms with Crippen molar-refractivity contribution < 1.29 is 31.1 Å². The van der Waals surface area contributed by atoms with Gasteiger partial charge in [0.1, 0.15) is 11.6 Å². The Bertz CT molecular complexity index is 953. The zero-order valence-electron chi connectivity index (χ0n) is 15.7. The number of hydrogen-bond donors (Lipinski definition) is 2. The van der Waals surface area contributed by atoms with Crippen LogP contribution in [-0.2, 0) is 27.9 Å². The van der Waals surface area contributed by atoms with Crippen molar-refractivity contribution in [3.05, 3.63) is 59.4 Å². The van der Waals surface area contributed by atoms with E-state index in [0.29, 0.717) is 17.0 Å². The predicted octanol–water partition coefficient (Wildman–Crippen LogP) is 2.19. The van der Waals surface area contributed by atoms with E-state index in [1.807, 2.05) is 0 Å². The van der Waals surface area contributed by atoms with Crippen molar-refractivity contribution in [3.8, 4) is 5.75 Å². The topological polar surface area (TPSA) is 87.7 Å². The number of hydrogen-bond acceptors (Lipinski definition) is 5. The van der Waals surface area contributed by atoms with E-state index in [2.05, 4.69) is 5.43 Å². The predicted molar refractivity (Wildman–Crippen MR) is 101 cm³/mol. The van der Waals surface area contributed by atoms with Crippen molar-refractivity contribution in [1.82, 2.24) is 10.9 Å². The van der Waals surface area contributed by atoms with Crippen LogP contribution in [0.15, 0.2) is 42.5 Å². The van der Waals surface area contributed by atoms with Crippen LogP contribution in [0.5, 0.6) is 5.75 Å². The summed E-state index contributed by atoms with van der Waals surface area (Å²) in [5.41, 5.74) is 4.88. The van der Waals surface area contributed by atoms with Crippen LogP contribution in [0, 0.1) is 5.82 Å². The lowest BCUT2D eigenvalue weighted by atomic mass is 10.1. The van der Waals surface area contributed by atoms with E-state index in [1.54, 1.807) is 29.7 Å². The molecule has 0 radical (unpaired) electrons. The maximum absolute atomic E-state index is 14.5. The highest BCUT2D eigenvalue weighted by molar-refractivity contribution is 7.92. The second-order valence-corrected chi connectivity index (χ2v) is 7.94. The van der Waals surface area contributed by atoms with Gasteiger partial charge >= 0.3 is 12.3 Å². The number of methoxy groups -OCH3 is 1. The molecule has 0 fully saturated rings. The number of benzene rings is 2. The van der Waals surface area contributed by atoms with Crippen LogP contribution in [0.2, 0.25) is 0 Å². The van der Waals surface area contributed by atoms with E-state index < -0.39 is 28.2 Å². The number of alkyl halides is 2. The van der Waals surface area contributed by atoms with Gasteiger partial charge in [0, 0.05) is 12.1 Å². The summed E-state index contributed by atoms with van der Waals surface area (Å²) in [6, 6.07) is 10.3. The molecule has 1 amide bonds. The van der Waals surface area contributed by atoms with E-state index in [9.17, 15) is 26.4 Å². The minimum Gasteiger partial charge on any atom is -0.497 e. The molecule has 0 heterocycles. The van der Waals surface area contributed by atoms with Crippen molar-refractivity contribution in [2.75, 3.05) is 17.7 Å². The van der Waals surface area contributed by atoms with E-state index in [0.717, 1.165) is 16.6 Å². The second-order valence-electron chi connectivity index (χ2n) is 6.04. The first-order valence-corrected chi connectivity index (χ1v) is 10.2. The maximum Gasteiger partial charge on any atom is 0.316 e. The van der Waals surface area contributed by atoms with E-state index in [4.69, 9.17) is 4.74 Å². The van der Waals surface area contributed by atoms with Crippen LogP contribution < -0.4 is 19.9 Å². The van der Waals surface area contributed by atoms with Crippen LogP contribution in [0.1, 0.15) is 11.1 Å². The molecule has 2 aromatic carbocycles. The monoisotopic (exact) mass is 431 g/mol. The van der Waals surface area contributed by atoms with Crippen molar-refractivity contribution >= 4 is 21.6 Å². The van der Waals surface area contributed by atoms with Gasteiger partial charge in [0.15, 0.2) is 0 Å². The third kappa shape index (κ3) is 6.36. The van der Waals surface area contributed by atoms with Crippen molar-refractivity contribution in [2.24, 2.45) is 0 Å². The molecule has 0 aliphatic carbocycles. The number of amides is 1. The van der Waals surface area contributed by atoms with Crippen LogP contribution in [0.25, 0.3) is 0 Å². The van der Waals surface area contributed by atoms with Gasteiger partial charge in [-0.2, -0.15) is 8.78 Å². The number of sulfonamides is 1. The molecule has 2 rings (SSSR count). The summed E-state index contributed by atoms with van der Waals surface area (Å²) in [4.78, 5) is 10.8. The second kappa shape index (κ2) is 9.61. The molecule has 158 valence electrons. The largest absolute Gasteiger partial charge is 0.497 e. The normalized spacial score (nSPS) is 11.4.